The highest BCUT2D eigenvalue weighted by atomic mass is 16.1. The van der Waals surface area contributed by atoms with E-state index >= 15 is 0 Å². The number of aromatic nitrogens is 3. The maximum Gasteiger partial charge on any atom is 0.258 e. The largest absolute Gasteiger partial charge is 0.361 e. The zero-order chi connectivity index (χ0) is 17.9. The van der Waals surface area contributed by atoms with Gasteiger partial charge in [0, 0.05) is 29.9 Å². The summed E-state index contributed by atoms with van der Waals surface area (Å²) in [6, 6.07) is 14.9. The van der Waals surface area contributed by atoms with Crippen molar-refractivity contribution in [3.05, 3.63) is 70.9 Å². The third-order valence-corrected chi connectivity index (χ3v) is 4.35. The Labute approximate surface area is 149 Å². The van der Waals surface area contributed by atoms with Gasteiger partial charge in [0.15, 0.2) is 0 Å². The summed E-state index contributed by atoms with van der Waals surface area (Å²) in [4.78, 5) is 34.7. The molecule has 0 saturated heterocycles. The molecule has 1 amide bonds. The van der Waals surface area contributed by atoms with Gasteiger partial charge in [-0.3, -0.25) is 9.59 Å². The molecule has 0 unspecified atom stereocenters. The van der Waals surface area contributed by atoms with Crippen LogP contribution in [0.3, 0.4) is 0 Å². The number of nitrogens with zero attached hydrogens (tertiary/aromatic N) is 1. The van der Waals surface area contributed by atoms with Gasteiger partial charge < -0.3 is 15.3 Å². The standard InChI is InChI=1S/C20H18N4O2/c25-19(23-16-8-3-7-15-13(16)11-12-21-15)10-4-9-18-22-17-6-2-1-5-14(17)20(26)24-18/h1-3,5-8,11-12,21H,4,9-10H2,(H,23,25)(H,22,24,26). The van der Waals surface area contributed by atoms with E-state index in [1.807, 2.05) is 48.7 Å². The minimum Gasteiger partial charge on any atom is -0.361 e. The summed E-state index contributed by atoms with van der Waals surface area (Å²) >= 11 is 0. The molecule has 6 heteroatoms. The summed E-state index contributed by atoms with van der Waals surface area (Å²) in [5.74, 6) is 0.552. The Balaban J connectivity index is 1.39. The van der Waals surface area contributed by atoms with Crippen LogP contribution in [-0.2, 0) is 11.2 Å². The first kappa shape index (κ1) is 16.1. The molecular weight excluding hydrogens is 328 g/mol. The lowest BCUT2D eigenvalue weighted by atomic mass is 10.2. The van der Waals surface area contributed by atoms with E-state index in [0.717, 1.165) is 16.6 Å². The Bertz CT molecular complexity index is 1140. The molecule has 2 heterocycles. The number of aryl methyl sites for hydroxylation is 1. The predicted molar refractivity (Wildman–Crippen MR) is 102 cm³/mol. The average molecular weight is 346 g/mol. The van der Waals surface area contributed by atoms with Gasteiger partial charge >= 0.3 is 0 Å². The highest BCUT2D eigenvalue weighted by Gasteiger charge is 2.08. The molecule has 6 nitrogen and oxygen atoms in total. The van der Waals surface area contributed by atoms with Crippen LogP contribution in [0.5, 0.6) is 0 Å². The maximum atomic E-state index is 12.2. The van der Waals surface area contributed by atoms with E-state index in [2.05, 4.69) is 20.3 Å². The number of aromatic amines is 2. The van der Waals surface area contributed by atoms with Crippen molar-refractivity contribution >= 4 is 33.4 Å². The molecule has 0 aliphatic carbocycles. The van der Waals surface area contributed by atoms with Gasteiger partial charge in [0.25, 0.3) is 5.56 Å². The van der Waals surface area contributed by atoms with Crippen LogP contribution in [0.1, 0.15) is 18.7 Å². The topological polar surface area (TPSA) is 90.6 Å². The second-order valence-corrected chi connectivity index (χ2v) is 6.18. The SMILES string of the molecule is O=C(CCCc1nc2ccccc2c(=O)[nH]1)Nc1cccc2[nH]ccc12. The maximum absolute atomic E-state index is 12.2. The van der Waals surface area contributed by atoms with Crippen LogP contribution in [0.2, 0.25) is 0 Å². The lowest BCUT2D eigenvalue weighted by Crippen LogP contribution is -2.14. The van der Waals surface area contributed by atoms with Gasteiger partial charge in [-0.1, -0.05) is 18.2 Å². The molecule has 26 heavy (non-hydrogen) atoms. The first-order valence-electron chi connectivity index (χ1n) is 8.54. The van der Waals surface area contributed by atoms with Gasteiger partial charge in [-0.2, -0.15) is 0 Å². The monoisotopic (exact) mass is 346 g/mol. The number of nitrogens with one attached hydrogen (secondary N) is 3. The molecular formula is C20H18N4O2. The second kappa shape index (κ2) is 6.84. The van der Waals surface area contributed by atoms with Crippen LogP contribution in [0.15, 0.2) is 59.5 Å². The molecule has 4 rings (SSSR count). The summed E-state index contributed by atoms with van der Waals surface area (Å²) in [6.45, 7) is 0. The lowest BCUT2D eigenvalue weighted by Gasteiger charge is -2.07. The molecule has 0 atom stereocenters. The number of anilines is 1. The van der Waals surface area contributed by atoms with Gasteiger partial charge in [0.2, 0.25) is 5.91 Å². The molecule has 2 aromatic heterocycles. The molecule has 0 bridgehead atoms. The van der Waals surface area contributed by atoms with Crippen molar-refractivity contribution in [3.8, 4) is 0 Å². The molecule has 0 aliphatic rings. The van der Waals surface area contributed by atoms with Crippen LogP contribution in [-0.4, -0.2) is 20.9 Å². The minimum atomic E-state index is -0.144. The summed E-state index contributed by atoms with van der Waals surface area (Å²) < 4.78 is 0. The predicted octanol–water partition coefficient (Wildman–Crippen LogP) is 3.37. The van der Waals surface area contributed by atoms with Crippen LogP contribution >= 0.6 is 0 Å². The summed E-state index contributed by atoms with van der Waals surface area (Å²) in [5, 5.41) is 4.51. The summed E-state index contributed by atoms with van der Waals surface area (Å²) in [7, 11) is 0. The van der Waals surface area contributed by atoms with Crippen molar-refractivity contribution in [2.24, 2.45) is 0 Å². The smallest absolute Gasteiger partial charge is 0.258 e. The molecule has 130 valence electrons. The second-order valence-electron chi connectivity index (χ2n) is 6.18. The molecule has 0 saturated carbocycles. The Morgan fingerprint density at radius 2 is 1.92 bits per heavy atom. The van der Waals surface area contributed by atoms with E-state index in [9.17, 15) is 9.59 Å². The van der Waals surface area contributed by atoms with Gasteiger partial charge in [-0.05, 0) is 36.8 Å². The number of carbonyl (C=O) groups excluding carboxylic acids is 1. The zero-order valence-corrected chi connectivity index (χ0v) is 14.1. The van der Waals surface area contributed by atoms with E-state index in [1.54, 1.807) is 6.07 Å². The van der Waals surface area contributed by atoms with E-state index < -0.39 is 0 Å². The first-order valence-corrected chi connectivity index (χ1v) is 8.54. The Morgan fingerprint density at radius 3 is 2.85 bits per heavy atom. The number of rotatable bonds is 5. The summed E-state index contributed by atoms with van der Waals surface area (Å²) in [5.41, 5.74) is 2.32. The van der Waals surface area contributed by atoms with Crippen molar-refractivity contribution in [1.82, 2.24) is 15.0 Å². The van der Waals surface area contributed by atoms with Crippen molar-refractivity contribution in [2.45, 2.75) is 19.3 Å². The van der Waals surface area contributed by atoms with Crippen LogP contribution in [0, 0.1) is 0 Å². The van der Waals surface area contributed by atoms with E-state index in [4.69, 9.17) is 0 Å². The van der Waals surface area contributed by atoms with Crippen molar-refractivity contribution in [1.29, 1.82) is 0 Å². The highest BCUT2D eigenvalue weighted by molar-refractivity contribution is 6.01. The number of fused-ring (bicyclic) bond motifs is 2. The normalized spacial score (nSPS) is 11.1. The first-order chi connectivity index (χ1) is 12.7. The quantitative estimate of drug-likeness (QED) is 0.517. The van der Waals surface area contributed by atoms with Gasteiger partial charge in [-0.25, -0.2) is 4.98 Å². The van der Waals surface area contributed by atoms with Gasteiger partial charge in [0.1, 0.15) is 5.82 Å². The highest BCUT2D eigenvalue weighted by Crippen LogP contribution is 2.22. The van der Waals surface area contributed by atoms with Crippen molar-refractivity contribution < 1.29 is 4.79 Å². The number of amides is 1. The molecule has 0 fully saturated rings. The minimum absolute atomic E-state index is 0.0539. The van der Waals surface area contributed by atoms with E-state index in [0.29, 0.717) is 36.0 Å². The van der Waals surface area contributed by atoms with Crippen molar-refractivity contribution in [2.75, 3.05) is 5.32 Å². The van der Waals surface area contributed by atoms with Crippen LogP contribution in [0.25, 0.3) is 21.8 Å². The van der Waals surface area contributed by atoms with E-state index in [1.165, 1.54) is 0 Å². The van der Waals surface area contributed by atoms with Crippen LogP contribution < -0.4 is 10.9 Å². The molecule has 0 radical (unpaired) electrons. The molecule has 2 aromatic carbocycles. The number of hydrogen-bond donors (Lipinski definition) is 3. The summed E-state index contributed by atoms with van der Waals surface area (Å²) in [6.07, 6.45) is 3.36. The van der Waals surface area contributed by atoms with Gasteiger partial charge in [0.05, 0.1) is 16.6 Å². The lowest BCUT2D eigenvalue weighted by molar-refractivity contribution is -0.116. The molecule has 0 spiro atoms. The fourth-order valence-corrected chi connectivity index (χ4v) is 3.08. The fraction of sp³-hybridized carbons (Fsp3) is 0.150. The molecule has 4 aromatic rings. The van der Waals surface area contributed by atoms with E-state index in [-0.39, 0.29) is 11.5 Å². The molecule has 0 aliphatic heterocycles. The number of para-hydroxylation sites is 1. The molecule has 3 N–H and O–H groups in total. The van der Waals surface area contributed by atoms with Crippen LogP contribution in [0.4, 0.5) is 5.69 Å². The average Bonchev–Trinajstić information content (AvgIpc) is 3.12. The number of carbonyl (C=O) groups is 1. The Hall–Kier alpha value is -3.41. The van der Waals surface area contributed by atoms with Crippen molar-refractivity contribution in [3.63, 3.8) is 0 Å². The number of H-pyrrole nitrogens is 2. The Morgan fingerprint density at radius 1 is 1.04 bits per heavy atom. The Kier molecular flexibility index (Phi) is 4.23. The third kappa shape index (κ3) is 3.21. The third-order valence-electron chi connectivity index (χ3n) is 4.35. The number of benzene rings is 2. The fourth-order valence-electron chi connectivity index (χ4n) is 3.08. The van der Waals surface area contributed by atoms with Gasteiger partial charge in [-0.15, -0.1) is 0 Å². The zero-order valence-electron chi connectivity index (χ0n) is 14.1. The number of hydrogen-bond acceptors (Lipinski definition) is 3.